The van der Waals surface area contributed by atoms with Crippen LogP contribution in [0.4, 0.5) is 0 Å². The average Bonchev–Trinajstić information content (AvgIpc) is 2.78. The van der Waals surface area contributed by atoms with E-state index in [0.717, 1.165) is 22.8 Å². The Morgan fingerprint density at radius 2 is 1.42 bits per heavy atom. The minimum atomic E-state index is -0.978. The number of hydrogen-bond donors (Lipinski definition) is 1. The van der Waals surface area contributed by atoms with Crippen molar-refractivity contribution >= 4 is 5.97 Å². The van der Waals surface area contributed by atoms with E-state index >= 15 is 0 Å². The fourth-order valence-electron chi connectivity index (χ4n) is 2.90. The minimum Gasteiger partial charge on any atom is -0.490 e. The van der Waals surface area contributed by atoms with Crippen LogP contribution in [-0.2, 0) is 16.0 Å². The van der Waals surface area contributed by atoms with Crippen molar-refractivity contribution in [2.24, 2.45) is 0 Å². The minimum absolute atomic E-state index is 0.162. The van der Waals surface area contributed by atoms with Crippen molar-refractivity contribution < 1.29 is 28.8 Å². The molecule has 0 saturated heterocycles. The number of hydrogen-bond acceptors (Lipinski definition) is 5. The number of para-hydroxylation sites is 1. The third-order valence-corrected chi connectivity index (χ3v) is 4.53. The summed E-state index contributed by atoms with van der Waals surface area (Å²) in [5, 5.41) is 9.07. The second-order valence-corrected chi connectivity index (χ2v) is 7.04. The molecule has 6 heteroatoms. The van der Waals surface area contributed by atoms with Crippen LogP contribution in [0.15, 0.2) is 78.9 Å². The van der Waals surface area contributed by atoms with Gasteiger partial charge in [0.25, 0.3) is 0 Å². The van der Waals surface area contributed by atoms with E-state index in [1.807, 2.05) is 85.8 Å². The molecule has 31 heavy (non-hydrogen) atoms. The summed E-state index contributed by atoms with van der Waals surface area (Å²) in [5.41, 5.74) is 0.865. The first-order valence-corrected chi connectivity index (χ1v) is 10.0. The smallest absolute Gasteiger partial charge is 0.333 e. The highest BCUT2D eigenvalue weighted by Gasteiger charge is 2.16. The van der Waals surface area contributed by atoms with Crippen molar-refractivity contribution in [1.29, 1.82) is 0 Å². The van der Waals surface area contributed by atoms with Gasteiger partial charge in [-0.2, -0.15) is 0 Å². The molecular formula is C25H26O6. The largest absolute Gasteiger partial charge is 0.490 e. The molecule has 0 radical (unpaired) electrons. The van der Waals surface area contributed by atoms with E-state index in [-0.39, 0.29) is 6.10 Å². The van der Waals surface area contributed by atoms with Gasteiger partial charge in [0.05, 0.1) is 0 Å². The summed E-state index contributed by atoms with van der Waals surface area (Å²) in [6.07, 6.45) is -0.717. The SMILES string of the molecule is CO[C@@H](Cc1ccc(OCC(C)Oc2ccc(Oc3ccccc3)cc2)cc1)C(=O)O. The fourth-order valence-corrected chi connectivity index (χ4v) is 2.90. The third kappa shape index (κ3) is 7.04. The van der Waals surface area contributed by atoms with Crippen molar-refractivity contribution in [2.75, 3.05) is 13.7 Å². The molecule has 3 rings (SSSR count). The average molecular weight is 422 g/mol. The van der Waals surface area contributed by atoms with Crippen LogP contribution in [0.1, 0.15) is 12.5 Å². The predicted octanol–water partition coefficient (Wildman–Crippen LogP) is 4.97. The van der Waals surface area contributed by atoms with Crippen LogP contribution in [0.2, 0.25) is 0 Å². The lowest BCUT2D eigenvalue weighted by Gasteiger charge is -2.16. The number of carboxylic acid groups (broad SMARTS) is 1. The Morgan fingerprint density at radius 3 is 2.03 bits per heavy atom. The van der Waals surface area contributed by atoms with E-state index in [2.05, 4.69) is 0 Å². The zero-order chi connectivity index (χ0) is 22.1. The maximum absolute atomic E-state index is 11.1. The highest BCUT2D eigenvalue weighted by Crippen LogP contribution is 2.24. The number of methoxy groups -OCH3 is 1. The van der Waals surface area contributed by atoms with E-state index in [1.165, 1.54) is 7.11 Å². The summed E-state index contributed by atoms with van der Waals surface area (Å²) < 4.78 is 22.4. The van der Waals surface area contributed by atoms with Crippen molar-refractivity contribution in [2.45, 2.75) is 25.6 Å². The lowest BCUT2D eigenvalue weighted by atomic mass is 10.1. The number of carboxylic acids is 1. The molecule has 0 spiro atoms. The molecule has 1 N–H and O–H groups in total. The van der Waals surface area contributed by atoms with E-state index in [0.29, 0.717) is 18.8 Å². The molecule has 1 unspecified atom stereocenters. The Kier molecular flexibility index (Phi) is 7.90. The molecule has 162 valence electrons. The molecule has 2 atom stereocenters. The maximum atomic E-state index is 11.1. The molecule has 0 heterocycles. The monoisotopic (exact) mass is 422 g/mol. The van der Waals surface area contributed by atoms with Gasteiger partial charge in [-0.3, -0.25) is 0 Å². The Bertz CT molecular complexity index is 938. The summed E-state index contributed by atoms with van der Waals surface area (Å²) in [7, 11) is 1.39. The summed E-state index contributed by atoms with van der Waals surface area (Å²) in [6, 6.07) is 24.3. The van der Waals surface area contributed by atoms with Crippen LogP contribution in [0.3, 0.4) is 0 Å². The lowest BCUT2D eigenvalue weighted by molar-refractivity contribution is -0.148. The van der Waals surface area contributed by atoms with E-state index in [4.69, 9.17) is 24.1 Å². The van der Waals surface area contributed by atoms with Gasteiger partial charge in [-0.15, -0.1) is 0 Å². The quantitative estimate of drug-likeness (QED) is 0.470. The molecule has 0 aliphatic carbocycles. The molecule has 6 nitrogen and oxygen atoms in total. The molecular weight excluding hydrogens is 396 g/mol. The number of carbonyl (C=O) groups is 1. The van der Waals surface area contributed by atoms with Gasteiger partial charge in [-0.05, 0) is 61.0 Å². The van der Waals surface area contributed by atoms with Crippen molar-refractivity contribution in [3.63, 3.8) is 0 Å². The summed E-state index contributed by atoms with van der Waals surface area (Å²) in [6.45, 7) is 2.30. The topological polar surface area (TPSA) is 74.2 Å². The van der Waals surface area contributed by atoms with Crippen LogP contribution in [0.5, 0.6) is 23.0 Å². The number of aliphatic carboxylic acids is 1. The standard InChI is InChI=1S/C25H26O6/c1-18(17-29-20-10-8-19(9-11-20)16-24(28-2)25(26)27)30-22-12-14-23(15-13-22)31-21-6-4-3-5-7-21/h3-15,18,24H,16-17H2,1-2H3,(H,26,27)/t18?,24-/m0/s1. The van der Waals surface area contributed by atoms with Gasteiger partial charge in [0.15, 0.2) is 6.10 Å². The first kappa shape index (κ1) is 22.2. The van der Waals surface area contributed by atoms with Crippen molar-refractivity contribution in [3.05, 3.63) is 84.4 Å². The third-order valence-electron chi connectivity index (χ3n) is 4.53. The van der Waals surface area contributed by atoms with Crippen LogP contribution in [0, 0.1) is 0 Å². The molecule has 0 saturated carbocycles. The normalized spacial score (nSPS) is 12.6. The van der Waals surface area contributed by atoms with Crippen molar-refractivity contribution in [3.8, 4) is 23.0 Å². The number of benzene rings is 3. The highest BCUT2D eigenvalue weighted by atomic mass is 16.5. The zero-order valence-electron chi connectivity index (χ0n) is 17.6. The van der Waals surface area contributed by atoms with E-state index in [9.17, 15) is 4.79 Å². The first-order valence-electron chi connectivity index (χ1n) is 10.0. The highest BCUT2D eigenvalue weighted by molar-refractivity contribution is 5.72. The number of ether oxygens (including phenoxy) is 4. The summed E-state index contributed by atoms with van der Waals surface area (Å²) >= 11 is 0. The van der Waals surface area contributed by atoms with Gasteiger partial charge in [0, 0.05) is 13.5 Å². The predicted molar refractivity (Wildman–Crippen MR) is 117 cm³/mol. The van der Waals surface area contributed by atoms with Gasteiger partial charge >= 0.3 is 5.97 Å². The molecule has 3 aromatic carbocycles. The van der Waals surface area contributed by atoms with Crippen LogP contribution in [0.25, 0.3) is 0 Å². The Hall–Kier alpha value is -3.51. The molecule has 0 fully saturated rings. The number of rotatable bonds is 11. The van der Waals surface area contributed by atoms with E-state index in [1.54, 1.807) is 0 Å². The molecule has 0 amide bonds. The van der Waals surface area contributed by atoms with Crippen molar-refractivity contribution in [1.82, 2.24) is 0 Å². The van der Waals surface area contributed by atoms with Gasteiger partial charge < -0.3 is 24.1 Å². The fraction of sp³-hybridized carbons (Fsp3) is 0.240. The maximum Gasteiger partial charge on any atom is 0.333 e. The second-order valence-electron chi connectivity index (χ2n) is 7.04. The van der Waals surface area contributed by atoms with Gasteiger partial charge in [-0.25, -0.2) is 4.79 Å². The van der Waals surface area contributed by atoms with Crippen LogP contribution < -0.4 is 14.2 Å². The molecule has 0 bridgehead atoms. The Morgan fingerprint density at radius 1 is 0.839 bits per heavy atom. The lowest BCUT2D eigenvalue weighted by Crippen LogP contribution is -2.24. The molecule has 0 aliphatic rings. The summed E-state index contributed by atoms with van der Waals surface area (Å²) in [4.78, 5) is 11.1. The van der Waals surface area contributed by atoms with Gasteiger partial charge in [0.1, 0.15) is 35.7 Å². The Balaban J connectivity index is 1.45. The van der Waals surface area contributed by atoms with Crippen LogP contribution in [-0.4, -0.2) is 37.0 Å². The Labute approximate surface area is 182 Å². The zero-order valence-corrected chi connectivity index (χ0v) is 17.6. The van der Waals surface area contributed by atoms with Crippen LogP contribution >= 0.6 is 0 Å². The van der Waals surface area contributed by atoms with Gasteiger partial charge in [0.2, 0.25) is 0 Å². The summed E-state index contributed by atoms with van der Waals surface area (Å²) in [5.74, 6) is 1.96. The first-order chi connectivity index (χ1) is 15.0. The molecule has 3 aromatic rings. The second kappa shape index (κ2) is 11.0. The molecule has 0 aromatic heterocycles. The van der Waals surface area contributed by atoms with Gasteiger partial charge in [-0.1, -0.05) is 30.3 Å². The molecule has 0 aliphatic heterocycles. The van der Waals surface area contributed by atoms with E-state index < -0.39 is 12.1 Å².